The molecule has 0 amide bonds. The summed E-state index contributed by atoms with van der Waals surface area (Å²) >= 11 is 0. The maximum absolute atomic E-state index is 14.6. The highest BCUT2D eigenvalue weighted by Gasteiger charge is 2.22. The molecule has 0 unspecified atom stereocenters. The van der Waals surface area contributed by atoms with E-state index in [4.69, 9.17) is 4.74 Å². The van der Waals surface area contributed by atoms with E-state index in [1.165, 1.54) is 13.2 Å². The molecule has 192 valence electrons. The number of aromatic nitrogens is 5. The fourth-order valence-electron chi connectivity index (χ4n) is 4.50. The van der Waals surface area contributed by atoms with Crippen LogP contribution in [0.15, 0.2) is 55.1 Å². The summed E-state index contributed by atoms with van der Waals surface area (Å²) in [7, 11) is 1.48. The minimum atomic E-state index is -0.466. The molecule has 1 aromatic carbocycles. The van der Waals surface area contributed by atoms with Crippen LogP contribution in [0.1, 0.15) is 32.7 Å². The summed E-state index contributed by atoms with van der Waals surface area (Å²) in [5.41, 5.74) is 3.04. The van der Waals surface area contributed by atoms with Crippen LogP contribution in [-0.4, -0.2) is 56.1 Å². The fraction of sp³-hybridized carbons (Fsp3) is 0.333. The maximum atomic E-state index is 14.6. The van der Waals surface area contributed by atoms with Crippen LogP contribution in [0, 0.1) is 5.82 Å². The van der Waals surface area contributed by atoms with Crippen molar-refractivity contribution in [3.8, 4) is 28.3 Å². The lowest BCUT2D eigenvalue weighted by molar-refractivity contribution is 0.154. The highest BCUT2D eigenvalue weighted by molar-refractivity contribution is 5.80. The van der Waals surface area contributed by atoms with Gasteiger partial charge in [-0.1, -0.05) is 6.07 Å². The third kappa shape index (κ3) is 5.24. The molecule has 0 spiro atoms. The molecule has 1 saturated heterocycles. The highest BCUT2D eigenvalue weighted by atomic mass is 19.1. The first-order valence-corrected chi connectivity index (χ1v) is 12.3. The van der Waals surface area contributed by atoms with E-state index in [1.54, 1.807) is 24.4 Å². The number of hydrogen-bond acceptors (Lipinski definition) is 8. The van der Waals surface area contributed by atoms with Crippen molar-refractivity contribution >= 4 is 17.3 Å². The molecule has 1 fully saturated rings. The monoisotopic (exact) mass is 503 g/mol. The predicted molar refractivity (Wildman–Crippen MR) is 141 cm³/mol. The Morgan fingerprint density at radius 3 is 2.78 bits per heavy atom. The first-order valence-electron chi connectivity index (χ1n) is 12.3. The van der Waals surface area contributed by atoms with Crippen LogP contribution in [0.25, 0.3) is 22.5 Å². The lowest BCUT2D eigenvalue weighted by Gasteiger charge is -2.33. The van der Waals surface area contributed by atoms with Crippen LogP contribution >= 0.6 is 0 Å². The summed E-state index contributed by atoms with van der Waals surface area (Å²) in [5.74, 6) is 1.13. The number of aliphatic hydroxyl groups is 1. The Bertz CT molecular complexity index is 1390. The van der Waals surface area contributed by atoms with Crippen LogP contribution in [0.4, 0.5) is 21.7 Å². The minimum Gasteiger partial charge on any atom is -0.496 e. The molecule has 4 heterocycles. The summed E-state index contributed by atoms with van der Waals surface area (Å²) in [6.07, 6.45) is 8.52. The van der Waals surface area contributed by atoms with E-state index in [1.807, 2.05) is 29.3 Å². The molecule has 4 aromatic rings. The molecule has 0 radical (unpaired) electrons. The maximum Gasteiger partial charge on any atom is 0.168 e. The molecular formula is C27H30FN7O2. The second-order valence-corrected chi connectivity index (χ2v) is 9.34. The van der Waals surface area contributed by atoms with Crippen LogP contribution in [0.5, 0.6) is 5.75 Å². The number of nitrogens with zero attached hydrogens (tertiary/aromatic N) is 6. The summed E-state index contributed by atoms with van der Waals surface area (Å²) in [6.45, 7) is 5.53. The summed E-state index contributed by atoms with van der Waals surface area (Å²) in [4.78, 5) is 15.6. The van der Waals surface area contributed by atoms with Gasteiger partial charge in [0.1, 0.15) is 23.2 Å². The van der Waals surface area contributed by atoms with E-state index in [0.717, 1.165) is 36.2 Å². The molecule has 1 aliphatic heterocycles. The van der Waals surface area contributed by atoms with Crippen LogP contribution in [0.3, 0.4) is 0 Å². The van der Waals surface area contributed by atoms with Gasteiger partial charge in [-0.05, 0) is 44.9 Å². The van der Waals surface area contributed by atoms with Gasteiger partial charge >= 0.3 is 0 Å². The Morgan fingerprint density at radius 1 is 1.16 bits per heavy atom. The van der Waals surface area contributed by atoms with Crippen molar-refractivity contribution in [2.75, 3.05) is 30.4 Å². The van der Waals surface area contributed by atoms with Gasteiger partial charge in [0.15, 0.2) is 5.82 Å². The topological polar surface area (TPSA) is 101 Å². The Hall–Kier alpha value is -4.05. The Kier molecular flexibility index (Phi) is 7.00. The van der Waals surface area contributed by atoms with Gasteiger partial charge in [0.25, 0.3) is 0 Å². The van der Waals surface area contributed by atoms with E-state index in [0.29, 0.717) is 23.9 Å². The first kappa shape index (κ1) is 24.6. The van der Waals surface area contributed by atoms with Gasteiger partial charge in [0.05, 0.1) is 30.7 Å². The molecule has 0 aliphatic carbocycles. The van der Waals surface area contributed by atoms with E-state index in [-0.39, 0.29) is 23.5 Å². The zero-order valence-electron chi connectivity index (χ0n) is 21.1. The molecule has 0 bridgehead atoms. The van der Waals surface area contributed by atoms with Crippen LogP contribution in [0.2, 0.25) is 0 Å². The second-order valence-electron chi connectivity index (χ2n) is 9.34. The lowest BCUT2D eigenvalue weighted by Crippen LogP contribution is -2.38. The number of rotatable bonds is 7. The zero-order chi connectivity index (χ0) is 25.9. The van der Waals surface area contributed by atoms with Gasteiger partial charge < -0.3 is 20.1 Å². The average Bonchev–Trinajstić information content (AvgIpc) is 3.39. The quantitative estimate of drug-likeness (QED) is 0.370. The third-order valence-corrected chi connectivity index (χ3v) is 6.39. The van der Waals surface area contributed by atoms with Crippen LogP contribution < -0.4 is 15.0 Å². The molecule has 1 aliphatic rings. The van der Waals surface area contributed by atoms with Crippen molar-refractivity contribution in [1.82, 2.24) is 24.7 Å². The standard InChI is InChI=1S/C27H30FN7O2/c1-17(2)35-15-18(13-31-35)20-14-30-25(12-22(20)34-11-5-6-19(36)16-34)32-24-9-10-29-27(33-24)26-21(28)7-4-8-23(26)37-3/h4,7-10,12-15,17,19,36H,5-6,11,16H2,1-3H3,(H,29,30,32,33)/t19-/m0/s1. The number of nitrogens with one attached hydrogen (secondary N) is 1. The number of benzene rings is 1. The summed E-state index contributed by atoms with van der Waals surface area (Å²) < 4.78 is 21.8. The van der Waals surface area contributed by atoms with E-state index in [2.05, 4.69) is 44.1 Å². The number of halogens is 1. The minimum absolute atomic E-state index is 0.196. The lowest BCUT2D eigenvalue weighted by atomic mass is 10.0. The van der Waals surface area contributed by atoms with E-state index < -0.39 is 5.82 Å². The zero-order valence-corrected chi connectivity index (χ0v) is 21.1. The van der Waals surface area contributed by atoms with Gasteiger partial charge in [0, 0.05) is 54.9 Å². The number of anilines is 3. The van der Waals surface area contributed by atoms with Gasteiger partial charge in [-0.15, -0.1) is 0 Å². The summed E-state index contributed by atoms with van der Waals surface area (Å²) in [6, 6.07) is 8.48. The second kappa shape index (κ2) is 10.5. The molecule has 5 rings (SSSR count). The van der Waals surface area contributed by atoms with Gasteiger partial charge in [-0.3, -0.25) is 4.68 Å². The molecule has 9 nitrogen and oxygen atoms in total. The molecular weight excluding hydrogens is 473 g/mol. The first-order chi connectivity index (χ1) is 17.9. The Labute approximate surface area is 215 Å². The van der Waals surface area contributed by atoms with Crippen LogP contribution in [-0.2, 0) is 0 Å². The van der Waals surface area contributed by atoms with Crippen molar-refractivity contribution in [1.29, 1.82) is 0 Å². The molecule has 1 atom stereocenters. The summed E-state index contributed by atoms with van der Waals surface area (Å²) in [5, 5.41) is 18.1. The number of hydrogen-bond donors (Lipinski definition) is 2. The SMILES string of the molecule is COc1cccc(F)c1-c1nccc(Nc2cc(N3CCC[C@H](O)C3)c(-c3cnn(C(C)C)c3)cn2)n1. The van der Waals surface area contributed by atoms with Crippen molar-refractivity contribution < 1.29 is 14.2 Å². The largest absolute Gasteiger partial charge is 0.496 e. The molecule has 0 saturated carbocycles. The third-order valence-electron chi connectivity index (χ3n) is 6.39. The molecule has 37 heavy (non-hydrogen) atoms. The Balaban J connectivity index is 1.50. The van der Waals surface area contributed by atoms with E-state index >= 15 is 0 Å². The smallest absolute Gasteiger partial charge is 0.168 e. The number of pyridine rings is 1. The van der Waals surface area contributed by atoms with Gasteiger partial charge in [-0.25, -0.2) is 19.3 Å². The van der Waals surface area contributed by atoms with E-state index in [9.17, 15) is 9.50 Å². The van der Waals surface area contributed by atoms with Gasteiger partial charge in [-0.2, -0.15) is 5.10 Å². The Morgan fingerprint density at radius 2 is 2.03 bits per heavy atom. The van der Waals surface area contributed by atoms with Crippen molar-refractivity contribution in [2.24, 2.45) is 0 Å². The normalized spacial score (nSPS) is 15.7. The number of ether oxygens (including phenoxy) is 1. The highest BCUT2D eigenvalue weighted by Crippen LogP contribution is 2.35. The van der Waals surface area contributed by atoms with Crippen molar-refractivity contribution in [3.63, 3.8) is 0 Å². The number of β-amino-alcohol motifs (C(OH)–C–C–N with tert-alkyl or cyclic N) is 1. The van der Waals surface area contributed by atoms with Gasteiger partial charge in [0.2, 0.25) is 0 Å². The van der Waals surface area contributed by atoms with Crippen molar-refractivity contribution in [3.05, 3.63) is 60.9 Å². The fourth-order valence-corrected chi connectivity index (χ4v) is 4.50. The predicted octanol–water partition coefficient (Wildman–Crippen LogP) is 4.84. The number of aliphatic hydroxyl groups excluding tert-OH is 1. The number of piperidine rings is 1. The molecule has 3 aromatic heterocycles. The molecule has 2 N–H and O–H groups in total. The average molecular weight is 504 g/mol. The number of methoxy groups -OCH3 is 1. The molecule has 10 heteroatoms. The van der Waals surface area contributed by atoms with Crippen molar-refractivity contribution in [2.45, 2.75) is 38.8 Å².